The minimum Gasteiger partial charge on any atom is -0.334 e. The molecule has 2 aromatic rings. The maximum atomic E-state index is 2.26. The van der Waals surface area contributed by atoms with Gasteiger partial charge in [-0.25, -0.2) is 0 Å². The van der Waals surface area contributed by atoms with E-state index < -0.39 is 0 Å². The fourth-order valence-electron chi connectivity index (χ4n) is 1.56. The smallest absolute Gasteiger partial charge is 0.116 e. The third kappa shape index (κ3) is 1.52. The van der Waals surface area contributed by atoms with Gasteiger partial charge in [0.25, 0.3) is 0 Å². The SMILES string of the molecule is CCCn1cccc1-n1cccc1. The lowest BCUT2D eigenvalue weighted by Gasteiger charge is -2.07. The van der Waals surface area contributed by atoms with Crippen molar-refractivity contribution in [3.05, 3.63) is 42.9 Å². The van der Waals surface area contributed by atoms with Gasteiger partial charge in [0, 0.05) is 25.1 Å². The normalized spacial score (nSPS) is 10.5. The second kappa shape index (κ2) is 3.52. The summed E-state index contributed by atoms with van der Waals surface area (Å²) in [6, 6.07) is 8.31. The zero-order valence-electron chi connectivity index (χ0n) is 7.85. The van der Waals surface area contributed by atoms with Gasteiger partial charge in [0.05, 0.1) is 0 Å². The minimum atomic E-state index is 1.08. The Morgan fingerprint density at radius 3 is 2.54 bits per heavy atom. The van der Waals surface area contributed by atoms with E-state index in [1.54, 1.807) is 0 Å². The molecule has 0 radical (unpaired) electrons. The van der Waals surface area contributed by atoms with Gasteiger partial charge in [-0.15, -0.1) is 0 Å². The van der Waals surface area contributed by atoms with Crippen LogP contribution in [0.5, 0.6) is 0 Å². The summed E-state index contributed by atoms with van der Waals surface area (Å²) in [5.41, 5.74) is 0. The van der Waals surface area contributed by atoms with Crippen LogP contribution in [0.15, 0.2) is 42.9 Å². The van der Waals surface area contributed by atoms with E-state index in [2.05, 4.69) is 46.8 Å². The molecule has 0 aliphatic carbocycles. The Bertz CT molecular complexity index is 357. The molecule has 0 saturated heterocycles. The van der Waals surface area contributed by atoms with Gasteiger partial charge >= 0.3 is 0 Å². The Hall–Kier alpha value is -1.44. The summed E-state index contributed by atoms with van der Waals surface area (Å²) in [6.45, 7) is 3.28. The molecule has 68 valence electrons. The maximum absolute atomic E-state index is 2.26. The molecule has 2 heterocycles. The highest BCUT2D eigenvalue weighted by atomic mass is 15.1. The van der Waals surface area contributed by atoms with E-state index in [9.17, 15) is 0 Å². The summed E-state index contributed by atoms with van der Waals surface area (Å²) < 4.78 is 4.40. The molecular formula is C11H14N2. The first-order chi connectivity index (χ1) is 6.42. The highest BCUT2D eigenvalue weighted by molar-refractivity contribution is 5.25. The predicted octanol–water partition coefficient (Wildman–Crippen LogP) is 2.69. The van der Waals surface area contributed by atoms with Gasteiger partial charge in [0.15, 0.2) is 0 Å². The van der Waals surface area contributed by atoms with E-state index in [0.717, 1.165) is 6.54 Å². The van der Waals surface area contributed by atoms with Crippen molar-refractivity contribution in [2.75, 3.05) is 0 Å². The van der Waals surface area contributed by atoms with Gasteiger partial charge in [-0.3, -0.25) is 0 Å². The molecule has 0 atom stereocenters. The Balaban J connectivity index is 2.35. The standard InChI is InChI=1S/C11H14N2/c1-2-7-12-10-5-6-11(12)13-8-3-4-9-13/h3-6,8-10H,2,7H2,1H3. The van der Waals surface area contributed by atoms with Crippen LogP contribution in [0.3, 0.4) is 0 Å². The second-order valence-corrected chi connectivity index (χ2v) is 3.15. The highest BCUT2D eigenvalue weighted by Gasteiger charge is 1.99. The zero-order valence-corrected chi connectivity index (χ0v) is 7.85. The van der Waals surface area contributed by atoms with Crippen molar-refractivity contribution >= 4 is 0 Å². The molecule has 0 aliphatic rings. The molecule has 2 nitrogen and oxygen atoms in total. The fraction of sp³-hybridized carbons (Fsp3) is 0.273. The molecule has 0 N–H and O–H groups in total. The molecule has 13 heavy (non-hydrogen) atoms. The summed E-state index contributed by atoms with van der Waals surface area (Å²) in [5, 5.41) is 0. The molecule has 2 heteroatoms. The van der Waals surface area contributed by atoms with Crippen LogP contribution in [0.4, 0.5) is 0 Å². The number of hydrogen-bond acceptors (Lipinski definition) is 0. The average molecular weight is 174 g/mol. The first-order valence-corrected chi connectivity index (χ1v) is 4.70. The van der Waals surface area contributed by atoms with Crippen molar-refractivity contribution in [2.45, 2.75) is 19.9 Å². The van der Waals surface area contributed by atoms with Crippen molar-refractivity contribution < 1.29 is 0 Å². The topological polar surface area (TPSA) is 9.86 Å². The van der Waals surface area contributed by atoms with E-state index in [-0.39, 0.29) is 0 Å². The first kappa shape index (κ1) is 8.17. The molecule has 2 aromatic heterocycles. The molecule has 0 aliphatic heterocycles. The summed E-state index contributed by atoms with van der Waals surface area (Å²) in [5.74, 6) is 1.24. The summed E-state index contributed by atoms with van der Waals surface area (Å²) in [4.78, 5) is 0. The van der Waals surface area contributed by atoms with Crippen LogP contribution in [0, 0.1) is 0 Å². The lowest BCUT2D eigenvalue weighted by atomic mass is 10.5. The summed E-state index contributed by atoms with van der Waals surface area (Å²) in [6.07, 6.45) is 7.44. The van der Waals surface area contributed by atoms with Crippen LogP contribution in [0.1, 0.15) is 13.3 Å². The van der Waals surface area contributed by atoms with Gasteiger partial charge in [-0.1, -0.05) is 6.92 Å². The highest BCUT2D eigenvalue weighted by Crippen LogP contribution is 2.09. The maximum Gasteiger partial charge on any atom is 0.116 e. The molecule has 0 amide bonds. The molecule has 0 unspecified atom stereocenters. The zero-order chi connectivity index (χ0) is 9.10. The van der Waals surface area contributed by atoms with E-state index >= 15 is 0 Å². The van der Waals surface area contributed by atoms with Crippen LogP contribution in [-0.2, 0) is 6.54 Å². The lowest BCUT2D eigenvalue weighted by molar-refractivity contribution is 0.663. The Morgan fingerprint density at radius 1 is 1.08 bits per heavy atom. The average Bonchev–Trinajstić information content (AvgIpc) is 2.71. The van der Waals surface area contributed by atoms with Crippen LogP contribution in [0.25, 0.3) is 5.82 Å². The van der Waals surface area contributed by atoms with Crippen LogP contribution in [-0.4, -0.2) is 9.13 Å². The van der Waals surface area contributed by atoms with Crippen LogP contribution < -0.4 is 0 Å². The van der Waals surface area contributed by atoms with Crippen LogP contribution >= 0.6 is 0 Å². The van der Waals surface area contributed by atoms with Gasteiger partial charge in [-0.05, 0) is 30.7 Å². The van der Waals surface area contributed by atoms with Crippen molar-refractivity contribution in [1.29, 1.82) is 0 Å². The number of rotatable bonds is 3. The molecule has 0 bridgehead atoms. The Labute approximate surface area is 78.4 Å². The van der Waals surface area contributed by atoms with Crippen molar-refractivity contribution in [3.8, 4) is 5.82 Å². The minimum absolute atomic E-state index is 1.08. The van der Waals surface area contributed by atoms with Gasteiger partial charge < -0.3 is 9.13 Å². The Morgan fingerprint density at radius 2 is 1.85 bits per heavy atom. The largest absolute Gasteiger partial charge is 0.334 e. The van der Waals surface area contributed by atoms with Crippen LogP contribution in [0.2, 0.25) is 0 Å². The number of nitrogens with zero attached hydrogens (tertiary/aromatic N) is 2. The number of aryl methyl sites for hydroxylation is 1. The molecule has 0 fully saturated rings. The van der Waals surface area contributed by atoms with E-state index in [1.807, 2.05) is 12.1 Å². The summed E-state index contributed by atoms with van der Waals surface area (Å²) in [7, 11) is 0. The molecule has 0 saturated carbocycles. The van der Waals surface area contributed by atoms with E-state index in [1.165, 1.54) is 12.2 Å². The quantitative estimate of drug-likeness (QED) is 0.677. The van der Waals surface area contributed by atoms with Gasteiger partial charge in [-0.2, -0.15) is 0 Å². The second-order valence-electron chi connectivity index (χ2n) is 3.15. The molecular weight excluding hydrogens is 160 g/mol. The van der Waals surface area contributed by atoms with E-state index in [0.29, 0.717) is 0 Å². The Kier molecular flexibility index (Phi) is 2.21. The summed E-state index contributed by atoms with van der Waals surface area (Å²) >= 11 is 0. The number of aromatic nitrogens is 2. The fourth-order valence-corrected chi connectivity index (χ4v) is 1.56. The van der Waals surface area contributed by atoms with Gasteiger partial charge in [0.1, 0.15) is 5.82 Å². The predicted molar refractivity (Wildman–Crippen MR) is 54.1 cm³/mol. The first-order valence-electron chi connectivity index (χ1n) is 4.70. The van der Waals surface area contributed by atoms with E-state index in [4.69, 9.17) is 0 Å². The van der Waals surface area contributed by atoms with Crippen molar-refractivity contribution in [3.63, 3.8) is 0 Å². The number of hydrogen-bond donors (Lipinski definition) is 0. The molecule has 0 aromatic carbocycles. The molecule has 2 rings (SSSR count). The van der Waals surface area contributed by atoms with Gasteiger partial charge in [0.2, 0.25) is 0 Å². The lowest BCUT2D eigenvalue weighted by Crippen LogP contribution is -2.02. The third-order valence-corrected chi connectivity index (χ3v) is 2.14. The van der Waals surface area contributed by atoms with Crippen molar-refractivity contribution in [2.24, 2.45) is 0 Å². The third-order valence-electron chi connectivity index (χ3n) is 2.14. The van der Waals surface area contributed by atoms with Crippen molar-refractivity contribution in [1.82, 2.24) is 9.13 Å². The monoisotopic (exact) mass is 174 g/mol. The molecule has 0 spiro atoms.